The molecule has 0 spiro atoms. The van der Waals surface area contributed by atoms with Crippen LogP contribution in [0.15, 0.2) is 42.5 Å². The summed E-state index contributed by atoms with van der Waals surface area (Å²) >= 11 is 0. The Balaban J connectivity index is 0.00000341. The standard InChI is InChI=1S/C24H30N2O4.ClH/c1-26(14-12-18-7-6-8-20(15-18)29-2)13-5-3-4-9-22(27)19-10-11-23-21(16-19)25-24(28)17-30-23;/h6-8,10-11,15-16H,3-5,9,12-14,17H2,1-2H3,(H,25,28);1H. The molecular weight excluding hydrogens is 416 g/mol. The van der Waals surface area contributed by atoms with Crippen molar-refractivity contribution >= 4 is 29.8 Å². The Kier molecular flexibility index (Phi) is 9.82. The van der Waals surface area contributed by atoms with Crippen LogP contribution < -0.4 is 14.8 Å². The number of Topliss-reactive ketones (excluding diaryl/α,β-unsaturated/α-hetero) is 1. The topological polar surface area (TPSA) is 67.9 Å². The van der Waals surface area contributed by atoms with Gasteiger partial charge in [0.1, 0.15) is 11.5 Å². The van der Waals surface area contributed by atoms with Crippen molar-refractivity contribution in [3.05, 3.63) is 53.6 Å². The van der Waals surface area contributed by atoms with Crippen molar-refractivity contribution in [2.75, 3.05) is 39.2 Å². The zero-order valence-electron chi connectivity index (χ0n) is 18.2. The first kappa shape index (κ1) is 24.7. The molecule has 0 fully saturated rings. The highest BCUT2D eigenvalue weighted by Crippen LogP contribution is 2.29. The van der Waals surface area contributed by atoms with Crippen molar-refractivity contribution in [2.24, 2.45) is 0 Å². The summed E-state index contributed by atoms with van der Waals surface area (Å²) in [6.45, 7) is 2.03. The number of nitrogens with zero attached hydrogens (tertiary/aromatic N) is 1. The van der Waals surface area contributed by atoms with Crippen LogP contribution in [0, 0.1) is 0 Å². The molecule has 168 valence electrons. The van der Waals surface area contributed by atoms with E-state index in [9.17, 15) is 9.59 Å². The number of hydrogen-bond acceptors (Lipinski definition) is 5. The zero-order chi connectivity index (χ0) is 21.3. The maximum atomic E-state index is 12.4. The van der Waals surface area contributed by atoms with E-state index in [-0.39, 0.29) is 30.7 Å². The Morgan fingerprint density at radius 2 is 1.97 bits per heavy atom. The summed E-state index contributed by atoms with van der Waals surface area (Å²) in [5, 5.41) is 2.75. The fourth-order valence-corrected chi connectivity index (χ4v) is 3.50. The van der Waals surface area contributed by atoms with Gasteiger partial charge in [0.05, 0.1) is 12.8 Å². The molecule has 6 nitrogen and oxygen atoms in total. The quantitative estimate of drug-likeness (QED) is 0.410. The summed E-state index contributed by atoms with van der Waals surface area (Å²) in [6, 6.07) is 13.4. The van der Waals surface area contributed by atoms with E-state index in [1.54, 1.807) is 25.3 Å². The minimum Gasteiger partial charge on any atom is -0.497 e. The highest BCUT2D eigenvalue weighted by Gasteiger charge is 2.17. The second-order valence-electron chi connectivity index (χ2n) is 7.69. The molecule has 0 aliphatic carbocycles. The van der Waals surface area contributed by atoms with Crippen molar-refractivity contribution in [2.45, 2.75) is 32.1 Å². The van der Waals surface area contributed by atoms with E-state index in [0.29, 0.717) is 23.4 Å². The number of methoxy groups -OCH3 is 1. The van der Waals surface area contributed by atoms with Crippen molar-refractivity contribution in [3.63, 3.8) is 0 Å². The monoisotopic (exact) mass is 446 g/mol. The Morgan fingerprint density at radius 3 is 2.77 bits per heavy atom. The van der Waals surface area contributed by atoms with Crippen molar-refractivity contribution in [1.82, 2.24) is 4.90 Å². The summed E-state index contributed by atoms with van der Waals surface area (Å²) in [5.74, 6) is 1.42. The Bertz CT molecular complexity index is 888. The second kappa shape index (κ2) is 12.3. The maximum Gasteiger partial charge on any atom is 0.262 e. The number of halogens is 1. The van der Waals surface area contributed by atoms with E-state index in [2.05, 4.69) is 29.4 Å². The summed E-state index contributed by atoms with van der Waals surface area (Å²) in [6.07, 6.45) is 4.45. The van der Waals surface area contributed by atoms with E-state index >= 15 is 0 Å². The molecule has 0 saturated heterocycles. The normalized spacial score (nSPS) is 12.4. The third kappa shape index (κ3) is 7.56. The lowest BCUT2D eigenvalue weighted by atomic mass is 10.0. The van der Waals surface area contributed by atoms with Gasteiger partial charge < -0.3 is 19.7 Å². The summed E-state index contributed by atoms with van der Waals surface area (Å²) < 4.78 is 10.6. The summed E-state index contributed by atoms with van der Waals surface area (Å²) in [7, 11) is 3.82. The molecule has 31 heavy (non-hydrogen) atoms. The van der Waals surface area contributed by atoms with Gasteiger partial charge in [-0.2, -0.15) is 0 Å². The number of carbonyl (C=O) groups is 2. The van der Waals surface area contributed by atoms with E-state index in [1.807, 2.05) is 12.1 Å². The lowest BCUT2D eigenvalue weighted by molar-refractivity contribution is -0.118. The van der Waals surface area contributed by atoms with Crippen LogP contribution in [0.2, 0.25) is 0 Å². The molecule has 2 aromatic rings. The smallest absolute Gasteiger partial charge is 0.262 e. The van der Waals surface area contributed by atoms with Crippen LogP contribution in [-0.2, 0) is 11.2 Å². The number of benzene rings is 2. The van der Waals surface area contributed by atoms with Crippen LogP contribution in [-0.4, -0.2) is 50.4 Å². The van der Waals surface area contributed by atoms with Gasteiger partial charge in [0, 0.05) is 18.5 Å². The van der Waals surface area contributed by atoms with Gasteiger partial charge in [0.2, 0.25) is 0 Å². The zero-order valence-corrected chi connectivity index (χ0v) is 19.0. The number of nitrogens with one attached hydrogen (secondary N) is 1. The molecule has 1 aliphatic rings. The van der Waals surface area contributed by atoms with Gasteiger partial charge in [0.25, 0.3) is 5.91 Å². The lowest BCUT2D eigenvalue weighted by Gasteiger charge is -2.18. The number of carbonyl (C=O) groups excluding carboxylic acids is 2. The molecule has 1 N–H and O–H groups in total. The lowest BCUT2D eigenvalue weighted by Crippen LogP contribution is -2.25. The number of likely N-dealkylation sites (N-methyl/N-ethyl adjacent to an activating group) is 1. The highest BCUT2D eigenvalue weighted by molar-refractivity contribution is 6.00. The SMILES string of the molecule is COc1cccc(CCN(C)CCCCCC(=O)c2ccc3c(c2)NC(=O)CO3)c1.Cl. The van der Waals surface area contributed by atoms with Crippen molar-refractivity contribution in [1.29, 1.82) is 0 Å². The number of anilines is 1. The Hall–Kier alpha value is -2.57. The molecule has 0 saturated carbocycles. The first-order chi connectivity index (χ1) is 14.5. The number of unbranched alkanes of at least 4 members (excludes halogenated alkanes) is 2. The third-order valence-electron chi connectivity index (χ3n) is 5.29. The van der Waals surface area contributed by atoms with Crippen LogP contribution in [0.25, 0.3) is 0 Å². The summed E-state index contributed by atoms with van der Waals surface area (Å²) in [5.41, 5.74) is 2.48. The molecule has 0 aromatic heterocycles. The molecule has 7 heteroatoms. The molecule has 1 heterocycles. The number of ketones is 1. The van der Waals surface area contributed by atoms with Crippen LogP contribution in [0.1, 0.15) is 41.6 Å². The van der Waals surface area contributed by atoms with E-state index in [1.165, 1.54) is 5.56 Å². The molecule has 0 unspecified atom stereocenters. The Labute approximate surface area is 190 Å². The molecule has 0 bridgehead atoms. The number of rotatable bonds is 11. The fourth-order valence-electron chi connectivity index (χ4n) is 3.50. The van der Waals surface area contributed by atoms with Gasteiger partial charge in [-0.1, -0.05) is 18.6 Å². The van der Waals surface area contributed by atoms with Crippen LogP contribution in [0.4, 0.5) is 5.69 Å². The van der Waals surface area contributed by atoms with Gasteiger partial charge in [-0.25, -0.2) is 0 Å². The van der Waals surface area contributed by atoms with Gasteiger partial charge in [-0.05, 0) is 68.8 Å². The first-order valence-electron chi connectivity index (χ1n) is 10.5. The van der Waals surface area contributed by atoms with Gasteiger partial charge in [-0.3, -0.25) is 9.59 Å². The average Bonchev–Trinajstić information content (AvgIpc) is 2.76. The van der Waals surface area contributed by atoms with Gasteiger partial charge in [0.15, 0.2) is 12.4 Å². The van der Waals surface area contributed by atoms with Crippen LogP contribution in [0.3, 0.4) is 0 Å². The predicted octanol–water partition coefficient (Wildman–Crippen LogP) is 4.37. The molecule has 1 amide bonds. The maximum absolute atomic E-state index is 12.4. The average molecular weight is 447 g/mol. The van der Waals surface area contributed by atoms with Gasteiger partial charge in [-0.15, -0.1) is 12.4 Å². The number of hydrogen-bond donors (Lipinski definition) is 1. The first-order valence-corrected chi connectivity index (χ1v) is 10.5. The molecule has 3 rings (SSSR count). The summed E-state index contributed by atoms with van der Waals surface area (Å²) in [4.78, 5) is 26.2. The number of ether oxygens (including phenoxy) is 2. The largest absolute Gasteiger partial charge is 0.497 e. The second-order valence-corrected chi connectivity index (χ2v) is 7.69. The molecule has 0 atom stereocenters. The molecule has 2 aromatic carbocycles. The minimum absolute atomic E-state index is 0. The van der Waals surface area contributed by atoms with Crippen molar-refractivity contribution < 1.29 is 19.1 Å². The minimum atomic E-state index is -0.192. The number of amides is 1. The molecular formula is C24H31ClN2O4. The molecule has 0 radical (unpaired) electrons. The molecule has 1 aliphatic heterocycles. The van der Waals surface area contributed by atoms with Crippen LogP contribution >= 0.6 is 12.4 Å². The van der Waals surface area contributed by atoms with E-state index in [4.69, 9.17) is 9.47 Å². The highest BCUT2D eigenvalue weighted by atomic mass is 35.5. The van der Waals surface area contributed by atoms with E-state index in [0.717, 1.165) is 44.5 Å². The predicted molar refractivity (Wildman–Crippen MR) is 125 cm³/mol. The Morgan fingerprint density at radius 1 is 1.13 bits per heavy atom. The van der Waals surface area contributed by atoms with E-state index < -0.39 is 0 Å². The fraction of sp³-hybridized carbons (Fsp3) is 0.417. The third-order valence-corrected chi connectivity index (χ3v) is 5.29. The van der Waals surface area contributed by atoms with Gasteiger partial charge >= 0.3 is 0 Å². The number of fused-ring (bicyclic) bond motifs is 1. The van der Waals surface area contributed by atoms with Crippen LogP contribution in [0.5, 0.6) is 11.5 Å². The van der Waals surface area contributed by atoms with Crippen molar-refractivity contribution in [3.8, 4) is 11.5 Å².